The van der Waals surface area contributed by atoms with Gasteiger partial charge in [0.1, 0.15) is 11.5 Å². The molecule has 0 aliphatic heterocycles. The molecule has 162 valence electrons. The summed E-state index contributed by atoms with van der Waals surface area (Å²) in [5.41, 5.74) is 2.43. The van der Waals surface area contributed by atoms with Crippen molar-refractivity contribution < 1.29 is 9.21 Å². The highest BCUT2D eigenvalue weighted by Gasteiger charge is 2.10. The Balaban J connectivity index is 1.37. The normalized spacial score (nSPS) is 11.2. The number of thiocarbonyl (C=S) groups is 1. The maximum absolute atomic E-state index is 12.2. The number of hydrogen-bond acceptors (Lipinski definition) is 5. The molecule has 2 aromatic heterocycles. The topological polar surface area (TPSA) is 67.2 Å². The summed E-state index contributed by atoms with van der Waals surface area (Å²) in [5.74, 6) is 0.638. The summed E-state index contributed by atoms with van der Waals surface area (Å²) in [6.07, 6.45) is 2.86. The molecule has 2 aromatic carbocycles. The number of nitrogens with one attached hydrogen (secondary N) is 2. The molecule has 0 aliphatic rings. The zero-order chi connectivity index (χ0) is 22.8. The van der Waals surface area contributed by atoms with Crippen LogP contribution in [0.25, 0.3) is 27.6 Å². The Morgan fingerprint density at radius 3 is 2.72 bits per heavy atom. The van der Waals surface area contributed by atoms with E-state index in [4.69, 9.17) is 51.4 Å². The highest BCUT2D eigenvalue weighted by Crippen LogP contribution is 2.32. The van der Waals surface area contributed by atoms with E-state index in [0.717, 1.165) is 15.8 Å². The summed E-state index contributed by atoms with van der Waals surface area (Å²) in [6.45, 7) is 1.93. The first-order valence-electron chi connectivity index (χ1n) is 9.20. The molecule has 0 saturated carbocycles. The van der Waals surface area contributed by atoms with Crippen molar-refractivity contribution in [1.29, 1.82) is 0 Å². The predicted octanol–water partition coefficient (Wildman–Crippen LogP) is 7.35. The summed E-state index contributed by atoms with van der Waals surface area (Å²) < 4.78 is 6.70. The highest BCUT2D eigenvalue weighted by molar-refractivity contribution is 7.80. The average molecular weight is 523 g/mol. The molecule has 10 heteroatoms. The van der Waals surface area contributed by atoms with Gasteiger partial charge in [0.05, 0.1) is 15.2 Å². The van der Waals surface area contributed by atoms with Gasteiger partial charge in [-0.25, -0.2) is 4.98 Å². The van der Waals surface area contributed by atoms with Crippen molar-refractivity contribution >= 4 is 90.8 Å². The van der Waals surface area contributed by atoms with Crippen LogP contribution in [0, 0.1) is 6.92 Å². The van der Waals surface area contributed by atoms with Crippen molar-refractivity contribution in [3.63, 3.8) is 0 Å². The summed E-state index contributed by atoms with van der Waals surface area (Å²) in [6, 6.07) is 12.4. The summed E-state index contributed by atoms with van der Waals surface area (Å²) >= 11 is 24.9. The van der Waals surface area contributed by atoms with Crippen LogP contribution >= 0.6 is 58.4 Å². The van der Waals surface area contributed by atoms with Crippen molar-refractivity contribution in [3.8, 4) is 11.3 Å². The van der Waals surface area contributed by atoms with Crippen LogP contribution in [0.15, 0.2) is 53.0 Å². The first-order chi connectivity index (χ1) is 15.3. The van der Waals surface area contributed by atoms with E-state index in [2.05, 4.69) is 15.6 Å². The molecule has 0 atom stereocenters. The van der Waals surface area contributed by atoms with E-state index in [1.54, 1.807) is 36.4 Å². The SMILES string of the molecule is Cc1cc2sc(NC(=S)NC(=O)/C=C/c3ccc(-c4ccc(Cl)cc4Cl)o3)nc2cc1Cl. The molecule has 1 amide bonds. The number of anilines is 1. The predicted molar refractivity (Wildman–Crippen MR) is 137 cm³/mol. The molecule has 0 radical (unpaired) electrons. The van der Waals surface area contributed by atoms with Gasteiger partial charge in [-0.05, 0) is 73.2 Å². The number of benzene rings is 2. The molecule has 0 unspecified atom stereocenters. The quantitative estimate of drug-likeness (QED) is 0.217. The minimum atomic E-state index is -0.412. The molecule has 2 heterocycles. The fraction of sp³-hybridized carbons (Fsp3) is 0.0455. The number of aryl methyl sites for hydroxylation is 1. The van der Waals surface area contributed by atoms with Crippen LogP contribution in [0.4, 0.5) is 5.13 Å². The minimum absolute atomic E-state index is 0.134. The van der Waals surface area contributed by atoms with Gasteiger partial charge in [-0.1, -0.05) is 46.1 Å². The number of amides is 1. The number of thiazole rings is 1. The van der Waals surface area contributed by atoms with Crippen LogP contribution in [0.3, 0.4) is 0 Å². The van der Waals surface area contributed by atoms with Crippen LogP contribution in [0.2, 0.25) is 15.1 Å². The summed E-state index contributed by atoms with van der Waals surface area (Å²) in [4.78, 5) is 16.6. The fourth-order valence-corrected chi connectivity index (χ4v) is 4.69. The molecule has 0 fully saturated rings. The Morgan fingerprint density at radius 1 is 1.12 bits per heavy atom. The molecule has 4 rings (SSSR count). The maximum atomic E-state index is 12.2. The molecule has 0 saturated heterocycles. The first kappa shape index (κ1) is 22.8. The van der Waals surface area contributed by atoms with Gasteiger partial charge in [-0.3, -0.25) is 10.1 Å². The second kappa shape index (κ2) is 9.60. The van der Waals surface area contributed by atoms with E-state index in [-0.39, 0.29) is 5.11 Å². The van der Waals surface area contributed by atoms with Crippen LogP contribution in [0.5, 0.6) is 0 Å². The van der Waals surface area contributed by atoms with Gasteiger partial charge in [0, 0.05) is 21.7 Å². The third-order valence-corrected chi connectivity index (χ3v) is 6.44. The van der Waals surface area contributed by atoms with Gasteiger partial charge in [-0.15, -0.1) is 0 Å². The number of aromatic nitrogens is 1. The lowest BCUT2D eigenvalue weighted by molar-refractivity contribution is -0.115. The molecule has 32 heavy (non-hydrogen) atoms. The molecule has 0 spiro atoms. The van der Waals surface area contributed by atoms with Crippen LogP contribution in [-0.4, -0.2) is 16.0 Å². The Kier molecular flexibility index (Phi) is 6.83. The molecular weight excluding hydrogens is 509 g/mol. The fourth-order valence-electron chi connectivity index (χ4n) is 2.82. The summed E-state index contributed by atoms with van der Waals surface area (Å²) in [5, 5.41) is 7.85. The average Bonchev–Trinajstić information content (AvgIpc) is 3.33. The molecule has 0 aliphatic carbocycles. The van der Waals surface area contributed by atoms with Gasteiger partial charge in [0.15, 0.2) is 10.2 Å². The van der Waals surface area contributed by atoms with Gasteiger partial charge < -0.3 is 9.73 Å². The largest absolute Gasteiger partial charge is 0.457 e. The lowest BCUT2D eigenvalue weighted by atomic mass is 10.2. The first-order valence-corrected chi connectivity index (χ1v) is 11.6. The Bertz CT molecular complexity index is 1340. The third-order valence-electron chi connectivity index (χ3n) is 4.35. The Morgan fingerprint density at radius 2 is 1.94 bits per heavy atom. The van der Waals surface area contributed by atoms with Crippen molar-refractivity contribution in [2.24, 2.45) is 0 Å². The molecular formula is C22H14Cl3N3O2S2. The van der Waals surface area contributed by atoms with E-state index in [1.165, 1.54) is 23.5 Å². The van der Waals surface area contributed by atoms with Gasteiger partial charge in [-0.2, -0.15) is 0 Å². The number of furan rings is 1. The van der Waals surface area contributed by atoms with E-state index >= 15 is 0 Å². The van der Waals surface area contributed by atoms with Crippen molar-refractivity contribution in [1.82, 2.24) is 10.3 Å². The molecule has 5 nitrogen and oxygen atoms in total. The minimum Gasteiger partial charge on any atom is -0.457 e. The third kappa shape index (κ3) is 5.31. The van der Waals surface area contributed by atoms with E-state index in [0.29, 0.717) is 37.3 Å². The lowest BCUT2D eigenvalue weighted by Crippen LogP contribution is -2.32. The standard InChI is InChI=1S/C22H14Cl3N3O2S2/c1-11-8-19-17(10-15(11)24)26-22(32-19)28-21(31)27-20(29)7-4-13-3-6-18(30-13)14-5-2-12(23)9-16(14)25/h2-10H,1H3,(H2,26,27,28,29,31)/b7-4+. The number of carbonyl (C=O) groups excluding carboxylic acids is 1. The van der Waals surface area contributed by atoms with E-state index in [1.807, 2.05) is 13.0 Å². The van der Waals surface area contributed by atoms with Gasteiger partial charge in [0.2, 0.25) is 5.91 Å². The number of fused-ring (bicyclic) bond motifs is 1. The van der Waals surface area contributed by atoms with E-state index in [9.17, 15) is 4.79 Å². The highest BCUT2D eigenvalue weighted by atomic mass is 35.5. The lowest BCUT2D eigenvalue weighted by Gasteiger charge is -2.04. The van der Waals surface area contributed by atoms with Crippen LogP contribution in [-0.2, 0) is 4.79 Å². The van der Waals surface area contributed by atoms with E-state index < -0.39 is 5.91 Å². The molecule has 4 aromatic rings. The van der Waals surface area contributed by atoms with Gasteiger partial charge in [0.25, 0.3) is 0 Å². The number of halogens is 3. The number of nitrogens with zero attached hydrogens (tertiary/aromatic N) is 1. The van der Waals surface area contributed by atoms with Crippen LogP contribution in [0.1, 0.15) is 11.3 Å². The maximum Gasteiger partial charge on any atom is 0.250 e. The number of carbonyl (C=O) groups is 1. The molecule has 2 N–H and O–H groups in total. The van der Waals surface area contributed by atoms with Crippen molar-refractivity contribution in [2.75, 3.05) is 5.32 Å². The second-order valence-electron chi connectivity index (χ2n) is 6.69. The Hall–Kier alpha value is -2.42. The Labute approximate surface area is 208 Å². The smallest absolute Gasteiger partial charge is 0.250 e. The van der Waals surface area contributed by atoms with Crippen LogP contribution < -0.4 is 10.6 Å². The second-order valence-corrected chi connectivity index (χ2v) is 9.38. The van der Waals surface area contributed by atoms with Crippen molar-refractivity contribution in [2.45, 2.75) is 6.92 Å². The zero-order valence-corrected chi connectivity index (χ0v) is 20.3. The number of rotatable bonds is 4. The monoisotopic (exact) mass is 521 g/mol. The zero-order valence-electron chi connectivity index (χ0n) is 16.4. The van der Waals surface area contributed by atoms with Gasteiger partial charge >= 0.3 is 0 Å². The number of hydrogen-bond donors (Lipinski definition) is 2. The van der Waals surface area contributed by atoms with Crippen molar-refractivity contribution in [3.05, 3.63) is 74.9 Å². The summed E-state index contributed by atoms with van der Waals surface area (Å²) in [7, 11) is 0. The molecule has 0 bridgehead atoms.